The number of nitrogens with one attached hydrogen (secondary N) is 1. The molecule has 1 aromatic carbocycles. The molecule has 126 valence electrons. The molecule has 0 aliphatic carbocycles. The van der Waals surface area contributed by atoms with Crippen LogP contribution in [0.2, 0.25) is 0 Å². The van der Waals surface area contributed by atoms with E-state index in [1.54, 1.807) is 16.9 Å². The van der Waals surface area contributed by atoms with Crippen molar-refractivity contribution in [1.82, 2.24) is 29.0 Å². The molecule has 0 aliphatic heterocycles. The highest BCUT2D eigenvalue weighted by Gasteiger charge is 2.15. The van der Waals surface area contributed by atoms with Crippen LogP contribution in [0.4, 0.5) is 0 Å². The first-order chi connectivity index (χ1) is 12.1. The molecule has 0 saturated carbocycles. The van der Waals surface area contributed by atoms with E-state index in [9.17, 15) is 4.79 Å². The number of fused-ring (bicyclic) bond motifs is 1. The maximum absolute atomic E-state index is 12.6. The van der Waals surface area contributed by atoms with E-state index in [4.69, 9.17) is 0 Å². The van der Waals surface area contributed by atoms with Gasteiger partial charge in [-0.1, -0.05) is 18.2 Å². The summed E-state index contributed by atoms with van der Waals surface area (Å²) in [5.41, 5.74) is 3.36. The van der Waals surface area contributed by atoms with Crippen LogP contribution in [0.1, 0.15) is 21.7 Å². The Morgan fingerprint density at radius 3 is 2.84 bits per heavy atom. The minimum atomic E-state index is -0.144. The van der Waals surface area contributed by atoms with Crippen LogP contribution in [0.5, 0.6) is 0 Å². The van der Waals surface area contributed by atoms with Gasteiger partial charge in [-0.05, 0) is 18.6 Å². The first-order valence-electron chi connectivity index (χ1n) is 8.00. The molecule has 1 N–H and O–H groups in total. The number of benzene rings is 1. The zero-order valence-corrected chi connectivity index (χ0v) is 14.0. The molecule has 0 atom stereocenters. The zero-order valence-electron chi connectivity index (χ0n) is 14.0. The molecular weight excluding hydrogens is 316 g/mol. The monoisotopic (exact) mass is 334 g/mol. The van der Waals surface area contributed by atoms with E-state index in [1.807, 2.05) is 66.0 Å². The van der Waals surface area contributed by atoms with Crippen molar-refractivity contribution < 1.29 is 4.79 Å². The van der Waals surface area contributed by atoms with Crippen LogP contribution in [-0.4, -0.2) is 29.6 Å². The predicted molar refractivity (Wildman–Crippen MR) is 93.6 cm³/mol. The van der Waals surface area contributed by atoms with E-state index in [0.717, 1.165) is 22.7 Å². The molecule has 25 heavy (non-hydrogen) atoms. The van der Waals surface area contributed by atoms with Crippen LogP contribution < -0.4 is 5.32 Å². The summed E-state index contributed by atoms with van der Waals surface area (Å²) >= 11 is 0. The number of carbonyl (C=O) groups is 1. The highest BCUT2D eigenvalue weighted by Crippen LogP contribution is 2.17. The van der Waals surface area contributed by atoms with Gasteiger partial charge in [0.1, 0.15) is 17.0 Å². The third kappa shape index (κ3) is 2.59. The molecule has 0 fully saturated rings. The predicted octanol–water partition coefficient (Wildman–Crippen LogP) is 2.10. The molecule has 0 unspecified atom stereocenters. The van der Waals surface area contributed by atoms with Crippen LogP contribution in [0, 0.1) is 6.92 Å². The molecular formula is C18H18N6O. The van der Waals surface area contributed by atoms with Crippen molar-refractivity contribution in [3.63, 3.8) is 0 Å². The molecule has 0 bridgehead atoms. The fourth-order valence-electron chi connectivity index (χ4n) is 3.01. The number of amides is 1. The second-order valence-electron chi connectivity index (χ2n) is 5.89. The van der Waals surface area contributed by atoms with Gasteiger partial charge in [0.15, 0.2) is 0 Å². The average molecular weight is 334 g/mol. The number of carbonyl (C=O) groups excluding carboxylic acids is 1. The number of aromatic nitrogens is 5. The Morgan fingerprint density at radius 2 is 2.04 bits per heavy atom. The molecule has 1 amide bonds. The van der Waals surface area contributed by atoms with Gasteiger partial charge in [0, 0.05) is 38.4 Å². The van der Waals surface area contributed by atoms with Gasteiger partial charge < -0.3 is 14.5 Å². The van der Waals surface area contributed by atoms with Crippen molar-refractivity contribution in [2.45, 2.75) is 13.5 Å². The largest absolute Gasteiger partial charge is 0.348 e. The Labute approximate surface area is 144 Å². The van der Waals surface area contributed by atoms with Gasteiger partial charge in [0.05, 0.1) is 11.9 Å². The lowest BCUT2D eigenvalue weighted by atomic mass is 10.1. The Morgan fingerprint density at radius 1 is 1.20 bits per heavy atom. The van der Waals surface area contributed by atoms with Crippen LogP contribution in [-0.2, 0) is 13.6 Å². The molecule has 0 spiro atoms. The number of hydrogen-bond acceptors (Lipinski definition) is 3. The SMILES string of the molecule is Cc1nccn1-c1ccccc1CNC(=O)c1cnn2ccn(C)c12. The van der Waals surface area contributed by atoms with Gasteiger partial charge in [-0.25, -0.2) is 9.50 Å². The molecule has 4 aromatic rings. The number of imidazole rings is 2. The molecule has 3 aromatic heterocycles. The first kappa shape index (κ1) is 15.2. The lowest BCUT2D eigenvalue weighted by Crippen LogP contribution is -2.23. The van der Waals surface area contributed by atoms with E-state index in [0.29, 0.717) is 12.1 Å². The fourth-order valence-corrected chi connectivity index (χ4v) is 3.01. The van der Waals surface area contributed by atoms with E-state index < -0.39 is 0 Å². The van der Waals surface area contributed by atoms with E-state index in [2.05, 4.69) is 15.4 Å². The Balaban J connectivity index is 1.59. The van der Waals surface area contributed by atoms with Crippen LogP contribution >= 0.6 is 0 Å². The Hall–Kier alpha value is -3.35. The fraction of sp³-hybridized carbons (Fsp3) is 0.167. The standard InChI is InChI=1S/C18H18N6O/c1-13-19-7-8-23(13)16-6-4-3-5-14(16)11-20-17(25)15-12-21-24-10-9-22(2)18(15)24/h3-10,12H,11H2,1-2H3,(H,20,25). The van der Waals surface area contributed by atoms with E-state index in [1.165, 1.54) is 0 Å². The third-order valence-corrected chi connectivity index (χ3v) is 4.30. The number of rotatable bonds is 4. The summed E-state index contributed by atoms with van der Waals surface area (Å²) in [5, 5.41) is 7.20. The minimum absolute atomic E-state index is 0.144. The van der Waals surface area contributed by atoms with Gasteiger partial charge in [0.25, 0.3) is 5.91 Å². The lowest BCUT2D eigenvalue weighted by molar-refractivity contribution is 0.0952. The zero-order chi connectivity index (χ0) is 17.4. The molecule has 0 aliphatic rings. The van der Waals surface area contributed by atoms with Crippen LogP contribution in [0.3, 0.4) is 0 Å². The molecule has 3 heterocycles. The van der Waals surface area contributed by atoms with Gasteiger partial charge >= 0.3 is 0 Å². The summed E-state index contributed by atoms with van der Waals surface area (Å²) in [5.74, 6) is 0.759. The summed E-state index contributed by atoms with van der Waals surface area (Å²) in [6.07, 6.45) is 8.97. The lowest BCUT2D eigenvalue weighted by Gasteiger charge is -2.12. The topological polar surface area (TPSA) is 69.2 Å². The van der Waals surface area contributed by atoms with E-state index >= 15 is 0 Å². The molecule has 7 heteroatoms. The van der Waals surface area contributed by atoms with Crippen molar-refractivity contribution in [3.8, 4) is 5.69 Å². The number of aryl methyl sites for hydroxylation is 2. The second kappa shape index (κ2) is 5.94. The third-order valence-electron chi connectivity index (χ3n) is 4.30. The summed E-state index contributed by atoms with van der Waals surface area (Å²) in [6, 6.07) is 7.97. The first-order valence-corrected chi connectivity index (χ1v) is 8.00. The van der Waals surface area contributed by atoms with Gasteiger partial charge in [0.2, 0.25) is 0 Å². The highest BCUT2D eigenvalue weighted by atomic mass is 16.1. The van der Waals surface area contributed by atoms with Gasteiger partial charge in [-0.2, -0.15) is 5.10 Å². The molecule has 4 rings (SSSR count). The van der Waals surface area contributed by atoms with Crippen molar-refractivity contribution >= 4 is 11.6 Å². The molecule has 7 nitrogen and oxygen atoms in total. The van der Waals surface area contributed by atoms with E-state index in [-0.39, 0.29) is 5.91 Å². The quantitative estimate of drug-likeness (QED) is 0.621. The maximum atomic E-state index is 12.6. The van der Waals surface area contributed by atoms with Crippen molar-refractivity contribution in [2.24, 2.45) is 7.05 Å². The van der Waals surface area contributed by atoms with Crippen molar-refractivity contribution in [2.75, 3.05) is 0 Å². The van der Waals surface area contributed by atoms with Crippen molar-refractivity contribution in [1.29, 1.82) is 0 Å². The highest BCUT2D eigenvalue weighted by molar-refractivity contribution is 5.99. The second-order valence-corrected chi connectivity index (χ2v) is 5.89. The summed E-state index contributed by atoms with van der Waals surface area (Å²) < 4.78 is 5.58. The Kier molecular flexibility index (Phi) is 3.61. The average Bonchev–Trinajstić information content (AvgIpc) is 3.31. The molecule has 0 radical (unpaired) electrons. The van der Waals surface area contributed by atoms with Gasteiger partial charge in [-0.15, -0.1) is 0 Å². The van der Waals surface area contributed by atoms with Crippen LogP contribution in [0.25, 0.3) is 11.3 Å². The number of para-hydroxylation sites is 1. The van der Waals surface area contributed by atoms with Gasteiger partial charge in [-0.3, -0.25) is 4.79 Å². The number of hydrogen-bond donors (Lipinski definition) is 1. The maximum Gasteiger partial charge on any atom is 0.256 e. The van der Waals surface area contributed by atoms with Crippen LogP contribution in [0.15, 0.2) is 55.2 Å². The number of nitrogens with zero attached hydrogens (tertiary/aromatic N) is 5. The summed E-state index contributed by atoms with van der Waals surface area (Å²) in [6.45, 7) is 2.38. The summed E-state index contributed by atoms with van der Waals surface area (Å²) in [4.78, 5) is 16.9. The van der Waals surface area contributed by atoms with Crippen molar-refractivity contribution in [3.05, 3.63) is 72.2 Å². The summed E-state index contributed by atoms with van der Waals surface area (Å²) in [7, 11) is 1.89. The normalized spacial score (nSPS) is 11.1. The Bertz CT molecular complexity index is 1050. The smallest absolute Gasteiger partial charge is 0.256 e. The molecule has 0 saturated heterocycles. The minimum Gasteiger partial charge on any atom is -0.348 e.